The molecule has 0 atom stereocenters. The number of halogens is 2. The van der Waals surface area contributed by atoms with Crippen molar-refractivity contribution in [1.29, 1.82) is 0 Å². The monoisotopic (exact) mass is 666 g/mol. The molecule has 1 heterocycles. The molecule has 0 nitrogen and oxygen atoms in total. The maximum atomic E-state index is 3.27. The van der Waals surface area contributed by atoms with E-state index in [0.717, 1.165) is 6.42 Å². The van der Waals surface area contributed by atoms with Crippen LogP contribution in [0.15, 0.2) is 71.4 Å². The van der Waals surface area contributed by atoms with Gasteiger partial charge < -0.3 is 24.8 Å². The minimum absolute atomic E-state index is 0. The number of rotatable bonds is 1. The van der Waals surface area contributed by atoms with Crippen LogP contribution in [0.3, 0.4) is 0 Å². The molecule has 1 fully saturated rings. The molecule has 40 heavy (non-hydrogen) atoms. The molecule has 4 aromatic rings. The molecule has 0 amide bonds. The number of hydrogen-bond acceptors (Lipinski definition) is 1. The van der Waals surface area contributed by atoms with Crippen LogP contribution in [0.25, 0.3) is 27.1 Å². The van der Waals surface area contributed by atoms with Crippen LogP contribution in [0.4, 0.5) is 0 Å². The predicted molar refractivity (Wildman–Crippen MR) is 167 cm³/mol. The van der Waals surface area contributed by atoms with E-state index >= 15 is 0 Å². The van der Waals surface area contributed by atoms with Gasteiger partial charge in [0.15, 0.2) is 0 Å². The van der Waals surface area contributed by atoms with Crippen LogP contribution < -0.4 is 24.8 Å². The van der Waals surface area contributed by atoms with E-state index in [9.17, 15) is 0 Å². The van der Waals surface area contributed by atoms with E-state index in [1.807, 2.05) is 0 Å². The molecule has 2 aliphatic carbocycles. The SMILES string of the molecule is CC(C)(C)c1ccc2c(c1)[cH-]c1cc(C(C)(C)C)ccc12.[C-]1=C(c2ccsc2)C=CC1.[Cl-].[Cl-].[Zr+2]=[C]1CCCCC1. The Balaban J connectivity index is 0.000000245. The summed E-state index contributed by atoms with van der Waals surface area (Å²) in [5.74, 6) is 0. The van der Waals surface area contributed by atoms with E-state index in [1.165, 1.54) is 75.9 Å². The van der Waals surface area contributed by atoms with Gasteiger partial charge in [0.2, 0.25) is 0 Å². The van der Waals surface area contributed by atoms with Crippen LogP contribution in [0.5, 0.6) is 0 Å². The second-order valence-corrected chi connectivity index (χ2v) is 15.1. The third kappa shape index (κ3) is 9.42. The normalized spacial score (nSPS) is 14.9. The molecule has 0 radical (unpaired) electrons. The molecule has 1 aromatic heterocycles. The van der Waals surface area contributed by atoms with Gasteiger partial charge in [0, 0.05) is 0 Å². The summed E-state index contributed by atoms with van der Waals surface area (Å²) in [5, 5.41) is 9.72. The van der Waals surface area contributed by atoms with Crippen molar-refractivity contribution in [2.45, 2.75) is 90.9 Å². The Labute approximate surface area is 273 Å². The van der Waals surface area contributed by atoms with E-state index in [1.54, 1.807) is 38.8 Å². The average molecular weight is 669 g/mol. The van der Waals surface area contributed by atoms with Gasteiger partial charge in [-0.3, -0.25) is 0 Å². The van der Waals surface area contributed by atoms with E-state index < -0.39 is 0 Å². The number of hydrogen-bond donors (Lipinski definition) is 0. The Bertz CT molecular complexity index is 1360. The Morgan fingerprint density at radius 2 is 1.32 bits per heavy atom. The van der Waals surface area contributed by atoms with Crippen LogP contribution >= 0.6 is 11.3 Å². The van der Waals surface area contributed by atoms with Crippen molar-refractivity contribution < 1.29 is 49.0 Å². The quantitative estimate of drug-likeness (QED) is 0.254. The summed E-state index contributed by atoms with van der Waals surface area (Å²) in [6.07, 6.45) is 15.8. The topological polar surface area (TPSA) is 0 Å². The summed E-state index contributed by atoms with van der Waals surface area (Å²) in [6.45, 7) is 13.6. The van der Waals surface area contributed by atoms with Crippen molar-refractivity contribution in [3.05, 3.63) is 94.2 Å². The first-order valence-electron chi connectivity index (χ1n) is 14.0. The van der Waals surface area contributed by atoms with E-state index in [-0.39, 0.29) is 35.6 Å². The van der Waals surface area contributed by atoms with Gasteiger partial charge in [-0.25, -0.2) is 0 Å². The van der Waals surface area contributed by atoms with Gasteiger partial charge in [0.1, 0.15) is 0 Å². The first-order valence-corrected chi connectivity index (χ1v) is 16.2. The summed E-state index contributed by atoms with van der Waals surface area (Å²) in [5.41, 5.74) is 5.77. The Kier molecular flexibility index (Phi) is 13.4. The maximum absolute atomic E-state index is 3.27. The molecular formula is C36H42Cl2SZr-2. The van der Waals surface area contributed by atoms with Crippen LogP contribution in [-0.2, 0) is 35.1 Å². The summed E-state index contributed by atoms with van der Waals surface area (Å²) in [6, 6.07) is 18.3. The van der Waals surface area contributed by atoms with Crippen LogP contribution in [0.2, 0.25) is 0 Å². The van der Waals surface area contributed by atoms with Crippen molar-refractivity contribution in [3.8, 4) is 0 Å². The van der Waals surface area contributed by atoms with Crippen molar-refractivity contribution >= 4 is 41.7 Å². The zero-order valence-corrected chi connectivity index (χ0v) is 29.6. The minimum atomic E-state index is 0. The molecule has 0 spiro atoms. The second-order valence-electron chi connectivity index (χ2n) is 12.6. The molecule has 0 unspecified atom stereocenters. The molecule has 1 saturated carbocycles. The molecule has 212 valence electrons. The summed E-state index contributed by atoms with van der Waals surface area (Å²) < 4.78 is 1.80. The van der Waals surface area contributed by atoms with Gasteiger partial charge in [-0.1, -0.05) is 94.8 Å². The Hall–Kier alpha value is -1.18. The van der Waals surface area contributed by atoms with E-state index in [2.05, 4.69) is 119 Å². The fraction of sp³-hybridized carbons (Fsp3) is 0.389. The third-order valence-electron chi connectivity index (χ3n) is 7.42. The zero-order chi connectivity index (χ0) is 27.3. The molecule has 0 saturated heterocycles. The molecule has 4 heteroatoms. The van der Waals surface area contributed by atoms with Crippen molar-refractivity contribution in [2.24, 2.45) is 0 Å². The summed E-state index contributed by atoms with van der Waals surface area (Å²) >= 11 is 3.42. The molecule has 6 rings (SSSR count). The standard InChI is InChI=1S/C21H25.C9H7S.C6H10.2ClH.Zr/c1-20(2,3)16-7-9-18-14(12-16)11-15-13-17(21(4,5)6)8-10-19(15)18;1-2-4-8(3-1)9-5-6-10-7-9;1-2-4-6-5-3-1;;;/h7-13H,1-6H3;1,3,5-7H,2H2;1-5H2;2*1H;/q2*-1;;;;+2/p-2. The van der Waals surface area contributed by atoms with Crippen LogP contribution in [0, 0.1) is 6.08 Å². The molecular weight excluding hydrogens is 627 g/mol. The third-order valence-corrected chi connectivity index (χ3v) is 9.33. The van der Waals surface area contributed by atoms with Crippen molar-refractivity contribution in [2.75, 3.05) is 0 Å². The van der Waals surface area contributed by atoms with E-state index in [0.29, 0.717) is 0 Å². The van der Waals surface area contributed by atoms with Gasteiger partial charge in [-0.15, -0.1) is 51.4 Å². The molecule has 0 bridgehead atoms. The average Bonchev–Trinajstić information content (AvgIpc) is 3.64. The first-order chi connectivity index (χ1) is 18.0. The Morgan fingerprint density at radius 1 is 0.775 bits per heavy atom. The van der Waals surface area contributed by atoms with Crippen molar-refractivity contribution in [3.63, 3.8) is 0 Å². The number of allylic oxidation sites excluding steroid dienone is 4. The molecule has 3 aromatic carbocycles. The second kappa shape index (κ2) is 15.3. The molecule has 0 aliphatic heterocycles. The summed E-state index contributed by atoms with van der Waals surface area (Å²) in [4.78, 5) is 0. The first kappa shape index (κ1) is 35.0. The summed E-state index contributed by atoms with van der Waals surface area (Å²) in [7, 11) is 0. The van der Waals surface area contributed by atoms with Crippen molar-refractivity contribution in [1.82, 2.24) is 0 Å². The van der Waals surface area contributed by atoms with Gasteiger partial charge in [-0.05, 0) is 16.2 Å². The fourth-order valence-corrected chi connectivity index (χ4v) is 6.48. The molecule has 2 aliphatic rings. The fourth-order valence-electron chi connectivity index (χ4n) is 4.95. The van der Waals surface area contributed by atoms with Gasteiger partial charge in [0.25, 0.3) is 0 Å². The number of benzene rings is 2. The van der Waals surface area contributed by atoms with Gasteiger partial charge >= 0.3 is 59.5 Å². The van der Waals surface area contributed by atoms with Crippen LogP contribution in [-0.4, -0.2) is 3.21 Å². The van der Waals surface area contributed by atoms with E-state index in [4.69, 9.17) is 0 Å². The number of fused-ring (bicyclic) bond motifs is 3. The predicted octanol–water partition coefficient (Wildman–Crippen LogP) is 4.88. The number of thiophene rings is 1. The van der Waals surface area contributed by atoms with Gasteiger partial charge in [-0.2, -0.15) is 29.1 Å². The van der Waals surface area contributed by atoms with Gasteiger partial charge in [0.05, 0.1) is 0 Å². The van der Waals surface area contributed by atoms with Crippen LogP contribution in [0.1, 0.15) is 96.8 Å². The molecule has 0 N–H and O–H groups in total. The zero-order valence-electron chi connectivity index (χ0n) is 24.8. The Morgan fingerprint density at radius 3 is 1.70 bits per heavy atom.